The van der Waals surface area contributed by atoms with Crippen molar-refractivity contribution >= 4 is 17.5 Å². The van der Waals surface area contributed by atoms with Crippen molar-refractivity contribution < 1.29 is 28.5 Å². The first kappa shape index (κ1) is 31.4. The fraction of sp³-hybridized carbons (Fsp3) is 0.441. The third kappa shape index (κ3) is 6.03. The number of primary amides is 1. The Kier molecular flexibility index (Phi) is 8.87. The summed E-state index contributed by atoms with van der Waals surface area (Å²) < 4.78 is 38.6. The first-order valence-corrected chi connectivity index (χ1v) is 15.2. The number of aliphatic hydroxyl groups is 2. The normalized spacial score (nSPS) is 25.7. The van der Waals surface area contributed by atoms with E-state index in [9.17, 15) is 15.0 Å². The quantitative estimate of drug-likeness (QED) is 0.225. The molecule has 2 aliphatic rings. The molecule has 43 heavy (non-hydrogen) atoms. The zero-order valence-electron chi connectivity index (χ0n) is 24.7. The number of fused-ring (bicyclic) bond motifs is 1. The van der Waals surface area contributed by atoms with Crippen molar-refractivity contribution in [1.29, 1.82) is 0 Å². The zero-order valence-corrected chi connectivity index (χ0v) is 25.5. The Bertz CT molecular complexity index is 1500. The van der Waals surface area contributed by atoms with Crippen LogP contribution in [0.1, 0.15) is 85.8 Å². The lowest BCUT2D eigenvalue weighted by molar-refractivity contribution is 0.00890. The Morgan fingerprint density at radius 2 is 1.84 bits per heavy atom. The molecule has 230 valence electrons. The number of nitrogens with two attached hydrogens (primary N) is 1. The van der Waals surface area contributed by atoms with E-state index in [1.165, 1.54) is 18.2 Å². The third-order valence-corrected chi connectivity index (χ3v) is 9.56. The van der Waals surface area contributed by atoms with E-state index < -0.39 is 40.8 Å². The molecule has 0 radical (unpaired) electrons. The molecular formula is C34H39ClF2N2O4. The van der Waals surface area contributed by atoms with E-state index >= 15 is 8.78 Å². The fourth-order valence-corrected chi connectivity index (χ4v) is 6.83. The summed E-state index contributed by atoms with van der Waals surface area (Å²) in [4.78, 5) is 12.6. The lowest BCUT2D eigenvalue weighted by Crippen LogP contribution is -2.49. The molecule has 5 rings (SSSR count). The van der Waals surface area contributed by atoms with Crippen LogP contribution in [0.5, 0.6) is 5.75 Å². The molecule has 3 aromatic rings. The molecule has 1 heterocycles. The first-order valence-electron chi connectivity index (χ1n) is 14.9. The molecule has 6 nitrogen and oxygen atoms in total. The van der Waals surface area contributed by atoms with Crippen LogP contribution in [0.3, 0.4) is 0 Å². The molecule has 0 bridgehead atoms. The number of halogens is 3. The van der Waals surface area contributed by atoms with Gasteiger partial charge in [-0.3, -0.25) is 4.79 Å². The van der Waals surface area contributed by atoms with Crippen molar-refractivity contribution in [3.8, 4) is 16.9 Å². The Balaban J connectivity index is 1.64. The van der Waals surface area contributed by atoms with Crippen LogP contribution in [-0.2, 0) is 12.0 Å². The van der Waals surface area contributed by atoms with Gasteiger partial charge in [-0.25, -0.2) is 8.78 Å². The molecule has 3 aromatic carbocycles. The molecule has 1 fully saturated rings. The smallest absolute Gasteiger partial charge is 0.249 e. The number of aliphatic hydroxyl groups excluding tert-OH is 1. The maximum absolute atomic E-state index is 16.4. The number of hydrogen-bond acceptors (Lipinski definition) is 5. The third-order valence-electron chi connectivity index (χ3n) is 9.19. The Hall–Kier alpha value is -3.04. The second kappa shape index (κ2) is 12.2. The number of hydrogen-bond donors (Lipinski definition) is 4. The zero-order chi connectivity index (χ0) is 31.1. The van der Waals surface area contributed by atoms with Gasteiger partial charge < -0.3 is 26.0 Å². The van der Waals surface area contributed by atoms with Crippen LogP contribution in [0.2, 0.25) is 5.02 Å². The summed E-state index contributed by atoms with van der Waals surface area (Å²) in [6, 6.07) is 13.8. The van der Waals surface area contributed by atoms with E-state index in [2.05, 4.69) is 5.32 Å². The van der Waals surface area contributed by atoms with E-state index in [0.29, 0.717) is 31.4 Å². The van der Waals surface area contributed by atoms with Crippen molar-refractivity contribution in [3.05, 3.63) is 87.4 Å². The van der Waals surface area contributed by atoms with Gasteiger partial charge in [0.2, 0.25) is 5.91 Å². The molecule has 1 saturated carbocycles. The molecule has 0 unspecified atom stereocenters. The van der Waals surface area contributed by atoms with Gasteiger partial charge in [0.05, 0.1) is 16.7 Å². The molecule has 5 N–H and O–H groups in total. The van der Waals surface area contributed by atoms with Crippen molar-refractivity contribution in [2.24, 2.45) is 5.73 Å². The minimum Gasteiger partial charge on any atom is -0.480 e. The highest BCUT2D eigenvalue weighted by molar-refractivity contribution is 6.34. The summed E-state index contributed by atoms with van der Waals surface area (Å²) >= 11 is 6.64. The average Bonchev–Trinajstić information content (AvgIpc) is 3.24. The predicted molar refractivity (Wildman–Crippen MR) is 163 cm³/mol. The van der Waals surface area contributed by atoms with Gasteiger partial charge in [-0.1, -0.05) is 54.9 Å². The maximum atomic E-state index is 16.4. The molecule has 1 amide bonds. The highest BCUT2D eigenvalue weighted by Crippen LogP contribution is 2.56. The van der Waals surface area contributed by atoms with Gasteiger partial charge in [0.15, 0.2) is 5.60 Å². The molecule has 0 aromatic heterocycles. The van der Waals surface area contributed by atoms with Crippen molar-refractivity contribution in [2.45, 2.75) is 88.6 Å². The molecule has 3 atom stereocenters. The van der Waals surface area contributed by atoms with Crippen LogP contribution in [0.15, 0.2) is 48.5 Å². The predicted octanol–water partition coefficient (Wildman–Crippen LogP) is 6.37. The van der Waals surface area contributed by atoms with Crippen LogP contribution in [-0.4, -0.2) is 40.4 Å². The minimum absolute atomic E-state index is 0.0425. The number of carbonyl (C=O) groups is 1. The lowest BCUT2D eigenvalue weighted by atomic mass is 9.76. The topological polar surface area (TPSA) is 105 Å². The second-order valence-electron chi connectivity index (χ2n) is 12.4. The number of ether oxygens (including phenoxy) is 1. The van der Waals surface area contributed by atoms with Gasteiger partial charge in [0, 0.05) is 46.8 Å². The summed E-state index contributed by atoms with van der Waals surface area (Å²) in [5.41, 5.74) is 5.36. The fourth-order valence-electron chi connectivity index (χ4n) is 6.58. The lowest BCUT2D eigenvalue weighted by Gasteiger charge is -2.38. The van der Waals surface area contributed by atoms with Crippen molar-refractivity contribution in [1.82, 2.24) is 5.32 Å². The number of aryl methyl sites for hydroxylation is 1. The SMILES string of the molecule is C[C@H](O)CCc1ccc(C(N)=O)c(-c2c(Cl)c(F)cc3c2[C@H](C)[C@@](CNC2CCC(C)(O)CC2)(c2ccccc2)O3)c1F. The summed E-state index contributed by atoms with van der Waals surface area (Å²) in [5.74, 6) is -2.66. The maximum Gasteiger partial charge on any atom is 0.249 e. The first-order chi connectivity index (χ1) is 20.3. The Morgan fingerprint density at radius 3 is 2.47 bits per heavy atom. The van der Waals surface area contributed by atoms with E-state index in [-0.39, 0.29) is 45.5 Å². The largest absolute Gasteiger partial charge is 0.480 e. The van der Waals surface area contributed by atoms with Crippen LogP contribution >= 0.6 is 11.6 Å². The minimum atomic E-state index is -1.01. The molecule has 0 spiro atoms. The van der Waals surface area contributed by atoms with Crippen LogP contribution in [0.4, 0.5) is 8.78 Å². The monoisotopic (exact) mass is 612 g/mol. The van der Waals surface area contributed by atoms with Crippen molar-refractivity contribution in [3.63, 3.8) is 0 Å². The van der Waals surface area contributed by atoms with E-state index in [1.807, 2.05) is 44.2 Å². The summed E-state index contributed by atoms with van der Waals surface area (Å²) in [7, 11) is 0. The number of rotatable bonds is 9. The van der Waals surface area contributed by atoms with E-state index in [1.54, 1.807) is 6.92 Å². The highest BCUT2D eigenvalue weighted by Gasteiger charge is 2.50. The van der Waals surface area contributed by atoms with Gasteiger partial charge >= 0.3 is 0 Å². The van der Waals surface area contributed by atoms with E-state index in [4.69, 9.17) is 22.1 Å². The molecule has 0 saturated heterocycles. The average molecular weight is 613 g/mol. The van der Waals surface area contributed by atoms with Crippen LogP contribution in [0, 0.1) is 11.6 Å². The molecule has 9 heteroatoms. The van der Waals surface area contributed by atoms with Gasteiger partial charge in [-0.2, -0.15) is 0 Å². The van der Waals surface area contributed by atoms with Gasteiger partial charge in [0.1, 0.15) is 17.4 Å². The molecule has 1 aliphatic heterocycles. The van der Waals surface area contributed by atoms with Crippen LogP contribution < -0.4 is 15.8 Å². The van der Waals surface area contributed by atoms with E-state index in [0.717, 1.165) is 18.4 Å². The van der Waals surface area contributed by atoms with Gasteiger partial charge in [0.25, 0.3) is 0 Å². The van der Waals surface area contributed by atoms with Gasteiger partial charge in [-0.05, 0) is 69.6 Å². The van der Waals surface area contributed by atoms with Crippen LogP contribution in [0.25, 0.3) is 11.1 Å². The molecule has 1 aliphatic carbocycles. The summed E-state index contributed by atoms with van der Waals surface area (Å²) in [5, 5.41) is 23.6. The standard InChI is InChI=1S/C34H39ClF2N2O4/c1-19(40)9-10-21-11-12-24(32(38)41)28(31(21)37)29-27-20(2)34(22-7-5-4-6-8-22,43-26(27)17-25(36)30(29)35)18-39-23-13-15-33(3,42)16-14-23/h4-8,11-12,17,19-20,23,39-40,42H,9-10,13-16,18H2,1-3H3,(H2,38,41)/t19-,20-,23?,33?,34-/m0/s1. The van der Waals surface area contributed by atoms with Gasteiger partial charge in [-0.15, -0.1) is 0 Å². The van der Waals surface area contributed by atoms with Crippen molar-refractivity contribution in [2.75, 3.05) is 6.54 Å². The summed E-state index contributed by atoms with van der Waals surface area (Å²) in [6.07, 6.45) is 2.75. The number of nitrogens with one attached hydrogen (secondary N) is 1. The number of amides is 1. The Morgan fingerprint density at radius 1 is 1.16 bits per heavy atom. The number of carbonyl (C=O) groups excluding carboxylic acids is 1. The number of benzene rings is 3. The highest BCUT2D eigenvalue weighted by atomic mass is 35.5. The summed E-state index contributed by atoms with van der Waals surface area (Å²) in [6.45, 7) is 5.76. The second-order valence-corrected chi connectivity index (χ2v) is 12.8. The molecular weight excluding hydrogens is 574 g/mol. The Labute approximate surface area is 256 Å².